The van der Waals surface area contributed by atoms with Gasteiger partial charge in [0.1, 0.15) is 0 Å². The number of benzene rings is 3. The average molecular weight is 408 g/mol. The van der Waals surface area contributed by atoms with Crippen molar-refractivity contribution in [1.82, 2.24) is 13.8 Å². The summed E-state index contributed by atoms with van der Waals surface area (Å²) < 4.78 is 4.57. The smallest absolute Gasteiger partial charge is 0.162 e. The summed E-state index contributed by atoms with van der Waals surface area (Å²) in [4.78, 5) is 4.98. The first-order valence-electron chi connectivity index (χ1n) is 9.98. The lowest BCUT2D eigenvalue weighted by atomic mass is 10.0. The van der Waals surface area contributed by atoms with Crippen LogP contribution in [-0.2, 0) is 6.42 Å². The molecule has 0 aliphatic heterocycles. The molecule has 30 heavy (non-hydrogen) atoms. The summed E-state index contributed by atoms with van der Waals surface area (Å²) in [5.74, 6) is 0. The number of hydrogen-bond acceptors (Lipinski definition) is 1. The summed E-state index contributed by atoms with van der Waals surface area (Å²) in [6.07, 6.45) is 2.94. The average Bonchev–Trinajstić information content (AvgIpc) is 3.41. The summed E-state index contributed by atoms with van der Waals surface area (Å²) in [5.41, 5.74) is 8.92. The van der Waals surface area contributed by atoms with Gasteiger partial charge in [-0.15, -0.1) is 0 Å². The summed E-state index contributed by atoms with van der Waals surface area (Å²) >= 11 is 6.21. The van der Waals surface area contributed by atoms with Crippen LogP contribution in [0.2, 0.25) is 5.02 Å². The van der Waals surface area contributed by atoms with Gasteiger partial charge in [-0.1, -0.05) is 66.2 Å². The molecule has 144 valence electrons. The van der Waals surface area contributed by atoms with Crippen molar-refractivity contribution in [3.8, 4) is 11.3 Å². The topological polar surface area (TPSA) is 21.7 Å². The number of nitrogens with zero attached hydrogens (tertiary/aromatic N) is 3. The van der Waals surface area contributed by atoms with Gasteiger partial charge >= 0.3 is 0 Å². The third kappa shape index (κ3) is 2.63. The molecule has 0 fully saturated rings. The molecule has 6 rings (SSSR count). The van der Waals surface area contributed by atoms with E-state index in [0.717, 1.165) is 44.9 Å². The highest BCUT2D eigenvalue weighted by Gasteiger charge is 2.19. The second-order valence-corrected chi connectivity index (χ2v) is 7.92. The molecule has 3 heterocycles. The van der Waals surface area contributed by atoms with E-state index >= 15 is 0 Å². The normalized spacial score (nSPS) is 11.6. The van der Waals surface area contributed by atoms with E-state index in [1.54, 1.807) is 0 Å². The molecule has 6 aromatic rings. The number of rotatable bonds is 3. The van der Waals surface area contributed by atoms with Gasteiger partial charge in [0.25, 0.3) is 0 Å². The van der Waals surface area contributed by atoms with Gasteiger partial charge in [0.2, 0.25) is 0 Å². The standard InChI is InChI=1S/C26H18ClN3/c27-20-14-12-19(13-15-20)25-24(17-18-7-2-1-3-8-18)29-16-6-11-23(29)26-28-21-9-4-5-10-22(21)30(25)26/h1-16H,17H2. The molecule has 3 aromatic heterocycles. The molecule has 0 spiro atoms. The highest BCUT2D eigenvalue weighted by Crippen LogP contribution is 2.33. The minimum absolute atomic E-state index is 0.733. The lowest BCUT2D eigenvalue weighted by molar-refractivity contribution is 0.981. The fourth-order valence-electron chi connectivity index (χ4n) is 4.33. The van der Waals surface area contributed by atoms with Gasteiger partial charge in [-0.3, -0.25) is 4.40 Å². The van der Waals surface area contributed by atoms with Gasteiger partial charge in [0.05, 0.1) is 27.9 Å². The summed E-state index contributed by atoms with van der Waals surface area (Å²) in [6, 6.07) is 31.2. The molecule has 0 unspecified atom stereocenters. The van der Waals surface area contributed by atoms with Crippen LogP contribution in [-0.4, -0.2) is 13.8 Å². The first-order chi connectivity index (χ1) is 14.8. The zero-order chi connectivity index (χ0) is 20.1. The van der Waals surface area contributed by atoms with Crippen molar-refractivity contribution < 1.29 is 0 Å². The van der Waals surface area contributed by atoms with Crippen LogP contribution in [0.5, 0.6) is 0 Å². The molecule has 0 aliphatic carbocycles. The van der Waals surface area contributed by atoms with Crippen molar-refractivity contribution in [2.45, 2.75) is 6.42 Å². The van der Waals surface area contributed by atoms with E-state index in [1.807, 2.05) is 18.2 Å². The van der Waals surface area contributed by atoms with E-state index in [0.29, 0.717) is 0 Å². The van der Waals surface area contributed by atoms with Crippen molar-refractivity contribution in [3.63, 3.8) is 0 Å². The Morgan fingerprint density at radius 1 is 0.733 bits per heavy atom. The quantitative estimate of drug-likeness (QED) is 0.322. The number of fused-ring (bicyclic) bond motifs is 5. The largest absolute Gasteiger partial charge is 0.315 e. The molecular formula is C26H18ClN3. The van der Waals surface area contributed by atoms with E-state index < -0.39 is 0 Å². The first kappa shape index (κ1) is 17.3. The second kappa shape index (κ2) is 6.75. The van der Waals surface area contributed by atoms with Crippen molar-refractivity contribution in [1.29, 1.82) is 0 Å². The van der Waals surface area contributed by atoms with Gasteiger partial charge in [0, 0.05) is 23.2 Å². The maximum Gasteiger partial charge on any atom is 0.162 e. The van der Waals surface area contributed by atoms with Crippen LogP contribution in [0.1, 0.15) is 11.3 Å². The predicted octanol–water partition coefficient (Wildman–Crippen LogP) is 6.65. The van der Waals surface area contributed by atoms with Crippen molar-refractivity contribution in [2.24, 2.45) is 0 Å². The first-order valence-corrected chi connectivity index (χ1v) is 10.4. The minimum Gasteiger partial charge on any atom is -0.315 e. The van der Waals surface area contributed by atoms with E-state index in [4.69, 9.17) is 16.6 Å². The third-order valence-corrected chi connectivity index (χ3v) is 5.91. The Morgan fingerprint density at radius 3 is 2.30 bits per heavy atom. The Hall–Kier alpha value is -3.56. The van der Waals surface area contributed by atoms with Crippen LogP contribution in [0.15, 0.2) is 97.2 Å². The van der Waals surface area contributed by atoms with Crippen LogP contribution >= 0.6 is 11.6 Å². The van der Waals surface area contributed by atoms with E-state index in [-0.39, 0.29) is 0 Å². The highest BCUT2D eigenvalue weighted by atomic mass is 35.5. The Kier molecular flexibility index (Phi) is 3.90. The lowest BCUT2D eigenvalue weighted by Crippen LogP contribution is -2.07. The molecule has 0 radical (unpaired) electrons. The van der Waals surface area contributed by atoms with Crippen LogP contribution < -0.4 is 0 Å². The minimum atomic E-state index is 0.733. The molecule has 0 saturated heterocycles. The molecule has 0 bridgehead atoms. The molecular weight excluding hydrogens is 390 g/mol. The molecule has 0 amide bonds. The van der Waals surface area contributed by atoms with Gasteiger partial charge in [-0.2, -0.15) is 0 Å². The van der Waals surface area contributed by atoms with E-state index in [9.17, 15) is 0 Å². The van der Waals surface area contributed by atoms with Gasteiger partial charge in [-0.25, -0.2) is 4.98 Å². The molecule has 3 aromatic carbocycles. The number of hydrogen-bond donors (Lipinski definition) is 0. The van der Waals surface area contributed by atoms with Crippen molar-refractivity contribution in [3.05, 3.63) is 113 Å². The number of imidazole rings is 1. The molecule has 4 heteroatoms. The van der Waals surface area contributed by atoms with Gasteiger partial charge in [0.15, 0.2) is 5.65 Å². The molecule has 0 atom stereocenters. The predicted molar refractivity (Wildman–Crippen MR) is 123 cm³/mol. The van der Waals surface area contributed by atoms with Crippen molar-refractivity contribution >= 4 is 33.8 Å². The fourth-order valence-corrected chi connectivity index (χ4v) is 4.45. The molecule has 0 aliphatic rings. The zero-order valence-electron chi connectivity index (χ0n) is 16.2. The van der Waals surface area contributed by atoms with Gasteiger partial charge in [-0.05, 0) is 42.0 Å². The summed E-state index contributed by atoms with van der Waals surface area (Å²) in [5, 5.41) is 0.733. The van der Waals surface area contributed by atoms with E-state index in [2.05, 4.69) is 87.8 Å². The second-order valence-electron chi connectivity index (χ2n) is 7.49. The Morgan fingerprint density at radius 2 is 1.47 bits per heavy atom. The fraction of sp³-hybridized carbons (Fsp3) is 0.0385. The summed E-state index contributed by atoms with van der Waals surface area (Å²) in [7, 11) is 0. The van der Waals surface area contributed by atoms with Gasteiger partial charge < -0.3 is 4.40 Å². The zero-order valence-corrected chi connectivity index (χ0v) is 16.9. The maximum absolute atomic E-state index is 6.21. The van der Waals surface area contributed by atoms with Crippen LogP contribution in [0.25, 0.3) is 33.5 Å². The number of halogens is 1. The lowest BCUT2D eigenvalue weighted by Gasteiger charge is -2.17. The SMILES string of the molecule is Clc1ccc(-c2c(Cc3ccccc3)n3cccc3c3nc4ccccc4n23)cc1. The number of para-hydroxylation sites is 2. The Bertz CT molecular complexity index is 1510. The number of aromatic nitrogens is 3. The molecule has 3 nitrogen and oxygen atoms in total. The van der Waals surface area contributed by atoms with Crippen LogP contribution in [0.3, 0.4) is 0 Å². The van der Waals surface area contributed by atoms with Crippen LogP contribution in [0, 0.1) is 0 Å². The van der Waals surface area contributed by atoms with E-state index in [1.165, 1.54) is 11.3 Å². The van der Waals surface area contributed by atoms with Crippen LogP contribution in [0.4, 0.5) is 0 Å². The molecule has 0 saturated carbocycles. The Balaban J connectivity index is 1.79. The monoisotopic (exact) mass is 407 g/mol. The molecule has 0 N–H and O–H groups in total. The highest BCUT2D eigenvalue weighted by molar-refractivity contribution is 6.30. The third-order valence-electron chi connectivity index (χ3n) is 5.66. The maximum atomic E-state index is 6.21. The van der Waals surface area contributed by atoms with Crippen molar-refractivity contribution in [2.75, 3.05) is 0 Å². The Labute approximate surface area is 178 Å². The summed E-state index contributed by atoms with van der Waals surface area (Å²) in [6.45, 7) is 0.